The number of likely N-dealkylation sites (tertiary alicyclic amines) is 1. The highest BCUT2D eigenvalue weighted by molar-refractivity contribution is 5.11. The van der Waals surface area contributed by atoms with Crippen molar-refractivity contribution in [2.45, 2.75) is 38.4 Å². The Hall–Kier alpha value is -1.83. The molecule has 0 saturated carbocycles. The minimum absolute atomic E-state index is 0.00849. The average molecular weight is 327 g/mol. The summed E-state index contributed by atoms with van der Waals surface area (Å²) in [6, 6.07) is 2.04. The third-order valence-electron chi connectivity index (χ3n) is 4.28. The lowest BCUT2D eigenvalue weighted by Gasteiger charge is -2.31. The lowest BCUT2D eigenvalue weighted by atomic mass is 9.97. The zero-order valence-electron chi connectivity index (χ0n) is 13.2. The first-order valence-corrected chi connectivity index (χ1v) is 7.67. The molecule has 126 valence electrons. The van der Waals surface area contributed by atoms with E-state index in [4.69, 9.17) is 0 Å². The summed E-state index contributed by atoms with van der Waals surface area (Å²) in [5.41, 5.74) is 1.31. The molecule has 2 aromatic rings. The van der Waals surface area contributed by atoms with Gasteiger partial charge >= 0.3 is 6.18 Å². The van der Waals surface area contributed by atoms with E-state index in [2.05, 4.69) is 20.0 Å². The van der Waals surface area contributed by atoms with Gasteiger partial charge in [0.2, 0.25) is 0 Å². The maximum absolute atomic E-state index is 12.7. The van der Waals surface area contributed by atoms with E-state index in [9.17, 15) is 13.2 Å². The third kappa shape index (κ3) is 3.57. The summed E-state index contributed by atoms with van der Waals surface area (Å²) in [6.45, 7) is 4.34. The summed E-state index contributed by atoms with van der Waals surface area (Å²) >= 11 is 0. The Morgan fingerprint density at radius 1 is 1.39 bits per heavy atom. The second-order valence-corrected chi connectivity index (χ2v) is 6.15. The van der Waals surface area contributed by atoms with Crippen molar-refractivity contribution in [1.29, 1.82) is 0 Å². The Bertz CT molecular complexity index is 673. The molecule has 0 amide bonds. The van der Waals surface area contributed by atoms with Gasteiger partial charge in [0.1, 0.15) is 11.5 Å². The van der Waals surface area contributed by atoms with E-state index in [0.717, 1.165) is 43.5 Å². The normalized spacial score (nSPS) is 20.1. The van der Waals surface area contributed by atoms with Gasteiger partial charge in [-0.25, -0.2) is 4.98 Å². The number of aryl methyl sites for hydroxylation is 2. The van der Waals surface area contributed by atoms with Crippen LogP contribution >= 0.6 is 0 Å². The van der Waals surface area contributed by atoms with Gasteiger partial charge in [0, 0.05) is 26.1 Å². The molecule has 1 saturated heterocycles. The van der Waals surface area contributed by atoms with Crippen LogP contribution in [0, 0.1) is 6.92 Å². The zero-order chi connectivity index (χ0) is 16.6. The first-order chi connectivity index (χ1) is 10.8. The first-order valence-electron chi connectivity index (χ1n) is 7.67. The number of nitrogens with one attached hydrogen (secondary N) is 1. The van der Waals surface area contributed by atoms with Crippen LogP contribution in [-0.2, 0) is 19.8 Å². The SMILES string of the molecule is Cc1cc(CN2CCCC(c3ncc(C(F)(F)F)[nH]3)C2)n(C)n1. The Morgan fingerprint density at radius 2 is 2.17 bits per heavy atom. The Balaban J connectivity index is 1.68. The monoisotopic (exact) mass is 327 g/mol. The smallest absolute Gasteiger partial charge is 0.338 e. The van der Waals surface area contributed by atoms with Crippen LogP contribution in [0.15, 0.2) is 12.3 Å². The molecule has 5 nitrogen and oxygen atoms in total. The number of halogens is 3. The topological polar surface area (TPSA) is 49.7 Å². The van der Waals surface area contributed by atoms with Gasteiger partial charge in [0.25, 0.3) is 0 Å². The highest BCUT2D eigenvalue weighted by Gasteiger charge is 2.34. The van der Waals surface area contributed by atoms with E-state index in [1.165, 1.54) is 0 Å². The molecule has 0 bridgehead atoms. The number of imidazole rings is 1. The summed E-state index contributed by atoms with van der Waals surface area (Å²) in [5, 5.41) is 4.33. The van der Waals surface area contributed by atoms with Crippen LogP contribution in [0.3, 0.4) is 0 Å². The van der Waals surface area contributed by atoms with E-state index in [1.54, 1.807) is 0 Å². The van der Waals surface area contributed by atoms with Crippen LogP contribution in [0.2, 0.25) is 0 Å². The number of H-pyrrole nitrogens is 1. The van der Waals surface area contributed by atoms with Crippen molar-refractivity contribution in [3.8, 4) is 0 Å². The van der Waals surface area contributed by atoms with Crippen molar-refractivity contribution < 1.29 is 13.2 Å². The van der Waals surface area contributed by atoms with Crippen molar-refractivity contribution in [3.05, 3.63) is 35.2 Å². The van der Waals surface area contributed by atoms with Crippen molar-refractivity contribution in [2.24, 2.45) is 7.05 Å². The van der Waals surface area contributed by atoms with Crippen LogP contribution in [0.5, 0.6) is 0 Å². The number of rotatable bonds is 3. The Labute approximate surface area is 132 Å². The van der Waals surface area contributed by atoms with Gasteiger partial charge in [-0.2, -0.15) is 18.3 Å². The maximum Gasteiger partial charge on any atom is 0.432 e. The van der Waals surface area contributed by atoms with E-state index < -0.39 is 11.9 Å². The van der Waals surface area contributed by atoms with Crippen LogP contribution < -0.4 is 0 Å². The first kappa shape index (κ1) is 16.0. The molecule has 0 radical (unpaired) electrons. The molecule has 1 aliphatic heterocycles. The Kier molecular flexibility index (Phi) is 4.18. The molecule has 2 aromatic heterocycles. The molecule has 1 N–H and O–H groups in total. The number of aromatic amines is 1. The molecule has 0 spiro atoms. The molecule has 0 aromatic carbocycles. The van der Waals surface area contributed by atoms with Gasteiger partial charge in [-0.05, 0) is 32.4 Å². The predicted molar refractivity (Wildman–Crippen MR) is 78.8 cm³/mol. The van der Waals surface area contributed by atoms with Crippen LogP contribution in [-0.4, -0.2) is 37.7 Å². The second-order valence-electron chi connectivity index (χ2n) is 6.15. The fourth-order valence-electron chi connectivity index (χ4n) is 3.15. The maximum atomic E-state index is 12.7. The predicted octanol–water partition coefficient (Wildman–Crippen LogP) is 2.85. The lowest BCUT2D eigenvalue weighted by molar-refractivity contribution is -0.141. The summed E-state index contributed by atoms with van der Waals surface area (Å²) in [5.74, 6) is 0.442. The second kappa shape index (κ2) is 5.99. The highest BCUT2D eigenvalue weighted by Crippen LogP contribution is 2.31. The van der Waals surface area contributed by atoms with Gasteiger partial charge in [-0.3, -0.25) is 9.58 Å². The third-order valence-corrected chi connectivity index (χ3v) is 4.28. The van der Waals surface area contributed by atoms with E-state index in [-0.39, 0.29) is 5.92 Å². The molecular weight excluding hydrogens is 307 g/mol. The average Bonchev–Trinajstić information content (AvgIpc) is 3.06. The van der Waals surface area contributed by atoms with E-state index in [1.807, 2.05) is 24.7 Å². The van der Waals surface area contributed by atoms with E-state index in [0.29, 0.717) is 12.4 Å². The number of aromatic nitrogens is 4. The molecule has 1 aliphatic rings. The minimum Gasteiger partial charge on any atom is -0.338 e. The molecule has 23 heavy (non-hydrogen) atoms. The largest absolute Gasteiger partial charge is 0.432 e. The molecule has 1 atom stereocenters. The van der Waals surface area contributed by atoms with Crippen LogP contribution in [0.1, 0.15) is 41.7 Å². The van der Waals surface area contributed by atoms with Gasteiger partial charge in [0.05, 0.1) is 17.6 Å². The number of nitrogens with zero attached hydrogens (tertiary/aromatic N) is 4. The highest BCUT2D eigenvalue weighted by atomic mass is 19.4. The molecule has 3 heterocycles. The van der Waals surface area contributed by atoms with E-state index >= 15 is 0 Å². The van der Waals surface area contributed by atoms with Gasteiger partial charge in [-0.15, -0.1) is 0 Å². The summed E-state index contributed by atoms with van der Waals surface area (Å²) in [6.07, 6.45) is -1.68. The van der Waals surface area contributed by atoms with Gasteiger partial charge in [0.15, 0.2) is 0 Å². The number of alkyl halides is 3. The van der Waals surface area contributed by atoms with Crippen LogP contribution in [0.25, 0.3) is 0 Å². The molecular formula is C15H20F3N5. The lowest BCUT2D eigenvalue weighted by Crippen LogP contribution is -2.34. The summed E-state index contributed by atoms with van der Waals surface area (Å²) < 4.78 is 39.9. The van der Waals surface area contributed by atoms with Crippen molar-refractivity contribution in [1.82, 2.24) is 24.6 Å². The quantitative estimate of drug-likeness (QED) is 0.943. The Morgan fingerprint density at radius 3 is 2.78 bits per heavy atom. The van der Waals surface area contributed by atoms with Crippen molar-refractivity contribution in [2.75, 3.05) is 13.1 Å². The molecule has 1 fully saturated rings. The molecule has 1 unspecified atom stereocenters. The number of hydrogen-bond acceptors (Lipinski definition) is 3. The minimum atomic E-state index is -4.37. The van der Waals surface area contributed by atoms with Crippen LogP contribution in [0.4, 0.5) is 13.2 Å². The molecule has 3 rings (SSSR count). The number of hydrogen-bond donors (Lipinski definition) is 1. The fraction of sp³-hybridized carbons (Fsp3) is 0.600. The zero-order valence-corrected chi connectivity index (χ0v) is 13.2. The molecule has 8 heteroatoms. The number of piperidine rings is 1. The van der Waals surface area contributed by atoms with Gasteiger partial charge < -0.3 is 4.98 Å². The van der Waals surface area contributed by atoms with Gasteiger partial charge in [-0.1, -0.05) is 0 Å². The summed E-state index contributed by atoms with van der Waals surface area (Å²) in [7, 11) is 1.91. The fourth-order valence-corrected chi connectivity index (χ4v) is 3.15. The van der Waals surface area contributed by atoms with Crippen molar-refractivity contribution in [3.63, 3.8) is 0 Å². The summed E-state index contributed by atoms with van der Waals surface area (Å²) in [4.78, 5) is 8.64. The standard InChI is InChI=1S/C15H20F3N5/c1-10-6-12(22(2)21-10)9-23-5-3-4-11(8-23)14-19-7-13(20-14)15(16,17)18/h6-7,11H,3-5,8-9H2,1-2H3,(H,19,20). The van der Waals surface area contributed by atoms with Crippen molar-refractivity contribution >= 4 is 0 Å². The molecule has 0 aliphatic carbocycles.